The number of carbonyl (C=O) groups is 1. The highest BCUT2D eigenvalue weighted by atomic mass is 16.2. The van der Waals surface area contributed by atoms with E-state index in [1.165, 1.54) is 0 Å². The first-order chi connectivity index (χ1) is 9.61. The SMILES string of the molecule is CCC(C)NC(=O)Nc1ncc(-c2ccccc2)n1C. The topological polar surface area (TPSA) is 59.0 Å². The van der Waals surface area contributed by atoms with Crippen molar-refractivity contribution in [1.29, 1.82) is 0 Å². The Labute approximate surface area is 119 Å². The van der Waals surface area contributed by atoms with E-state index in [2.05, 4.69) is 15.6 Å². The smallest absolute Gasteiger partial charge is 0.321 e. The summed E-state index contributed by atoms with van der Waals surface area (Å²) in [5.41, 5.74) is 2.03. The van der Waals surface area contributed by atoms with Gasteiger partial charge in [-0.1, -0.05) is 37.3 Å². The fourth-order valence-electron chi connectivity index (χ4n) is 1.87. The first-order valence-electron chi connectivity index (χ1n) is 6.76. The van der Waals surface area contributed by atoms with Crippen molar-refractivity contribution in [2.45, 2.75) is 26.3 Å². The molecule has 20 heavy (non-hydrogen) atoms. The van der Waals surface area contributed by atoms with Gasteiger partial charge in [0.05, 0.1) is 11.9 Å². The molecule has 1 aromatic carbocycles. The molecule has 0 aliphatic carbocycles. The largest absolute Gasteiger partial charge is 0.335 e. The molecule has 2 rings (SSSR count). The fraction of sp³-hybridized carbons (Fsp3) is 0.333. The molecule has 2 amide bonds. The van der Waals surface area contributed by atoms with Gasteiger partial charge in [0.2, 0.25) is 5.95 Å². The van der Waals surface area contributed by atoms with Crippen LogP contribution in [0.1, 0.15) is 20.3 Å². The van der Waals surface area contributed by atoms with E-state index >= 15 is 0 Å². The van der Waals surface area contributed by atoms with Gasteiger partial charge in [0, 0.05) is 13.1 Å². The van der Waals surface area contributed by atoms with Gasteiger partial charge in [-0.2, -0.15) is 0 Å². The number of hydrogen-bond donors (Lipinski definition) is 2. The average molecular weight is 272 g/mol. The Morgan fingerprint density at radius 2 is 2.05 bits per heavy atom. The number of carbonyl (C=O) groups excluding carboxylic acids is 1. The summed E-state index contributed by atoms with van der Waals surface area (Å²) in [6.45, 7) is 3.99. The van der Waals surface area contributed by atoms with Crippen LogP contribution in [0.25, 0.3) is 11.3 Å². The molecule has 0 aliphatic rings. The quantitative estimate of drug-likeness (QED) is 0.898. The van der Waals surface area contributed by atoms with Crippen LogP contribution in [0, 0.1) is 0 Å². The number of amides is 2. The van der Waals surface area contributed by atoms with Crippen LogP contribution in [-0.4, -0.2) is 21.6 Å². The molecule has 1 unspecified atom stereocenters. The van der Waals surface area contributed by atoms with E-state index in [4.69, 9.17) is 0 Å². The van der Waals surface area contributed by atoms with Crippen LogP contribution in [0.3, 0.4) is 0 Å². The van der Waals surface area contributed by atoms with Crippen molar-refractivity contribution >= 4 is 12.0 Å². The maximum atomic E-state index is 11.8. The molecule has 5 heteroatoms. The first kappa shape index (κ1) is 14.1. The maximum Gasteiger partial charge on any atom is 0.321 e. The molecular formula is C15H20N4O. The molecule has 0 saturated carbocycles. The van der Waals surface area contributed by atoms with Gasteiger partial charge >= 0.3 is 6.03 Å². The van der Waals surface area contributed by atoms with Crippen LogP contribution in [0.5, 0.6) is 0 Å². The van der Waals surface area contributed by atoms with Crippen LogP contribution in [0.2, 0.25) is 0 Å². The zero-order valence-electron chi connectivity index (χ0n) is 12.1. The summed E-state index contributed by atoms with van der Waals surface area (Å²) in [6, 6.07) is 9.87. The van der Waals surface area contributed by atoms with Crippen LogP contribution in [-0.2, 0) is 7.05 Å². The van der Waals surface area contributed by atoms with Gasteiger partial charge in [0.25, 0.3) is 0 Å². The number of nitrogens with one attached hydrogen (secondary N) is 2. The van der Waals surface area contributed by atoms with Gasteiger partial charge in [-0.15, -0.1) is 0 Å². The molecule has 0 saturated heterocycles. The number of rotatable bonds is 4. The highest BCUT2D eigenvalue weighted by Gasteiger charge is 2.11. The molecule has 1 atom stereocenters. The van der Waals surface area contributed by atoms with E-state index in [-0.39, 0.29) is 12.1 Å². The van der Waals surface area contributed by atoms with Crippen molar-refractivity contribution in [3.8, 4) is 11.3 Å². The zero-order chi connectivity index (χ0) is 14.5. The van der Waals surface area contributed by atoms with Gasteiger partial charge in [-0.25, -0.2) is 9.78 Å². The lowest BCUT2D eigenvalue weighted by molar-refractivity contribution is 0.248. The molecule has 5 nitrogen and oxygen atoms in total. The second-order valence-electron chi connectivity index (χ2n) is 4.80. The molecule has 0 bridgehead atoms. The number of imidazole rings is 1. The van der Waals surface area contributed by atoms with E-state index < -0.39 is 0 Å². The number of hydrogen-bond acceptors (Lipinski definition) is 2. The second kappa shape index (κ2) is 6.23. The highest BCUT2D eigenvalue weighted by Crippen LogP contribution is 2.21. The minimum Gasteiger partial charge on any atom is -0.335 e. The first-order valence-corrected chi connectivity index (χ1v) is 6.76. The van der Waals surface area contributed by atoms with Crippen LogP contribution >= 0.6 is 0 Å². The monoisotopic (exact) mass is 272 g/mol. The second-order valence-corrected chi connectivity index (χ2v) is 4.80. The van der Waals surface area contributed by atoms with Gasteiger partial charge in [-0.3, -0.25) is 5.32 Å². The standard InChI is InChI=1S/C15H20N4O/c1-4-11(2)17-15(20)18-14-16-10-13(19(14)3)12-8-6-5-7-9-12/h5-11H,4H2,1-3H3,(H2,16,17,18,20). The zero-order valence-corrected chi connectivity index (χ0v) is 12.1. The Kier molecular flexibility index (Phi) is 4.40. The Balaban J connectivity index is 2.12. The number of benzene rings is 1. The molecule has 0 aliphatic heterocycles. The van der Waals surface area contributed by atoms with Gasteiger partial charge in [0.1, 0.15) is 0 Å². The molecule has 0 fully saturated rings. The summed E-state index contributed by atoms with van der Waals surface area (Å²) in [4.78, 5) is 16.1. The minimum absolute atomic E-state index is 0.142. The van der Waals surface area contributed by atoms with Crippen molar-refractivity contribution < 1.29 is 4.79 Å². The number of urea groups is 1. The number of anilines is 1. The highest BCUT2D eigenvalue weighted by molar-refractivity contribution is 5.88. The third kappa shape index (κ3) is 3.17. The van der Waals surface area contributed by atoms with Gasteiger partial charge in [-0.05, 0) is 18.9 Å². The lowest BCUT2D eigenvalue weighted by atomic mass is 10.2. The summed E-state index contributed by atoms with van der Waals surface area (Å²) in [6.07, 6.45) is 2.65. The number of aromatic nitrogens is 2. The van der Waals surface area contributed by atoms with Crippen molar-refractivity contribution in [3.63, 3.8) is 0 Å². The molecule has 2 aromatic rings. The molecule has 1 aromatic heterocycles. The van der Waals surface area contributed by atoms with E-state index in [1.807, 2.05) is 55.8 Å². The predicted molar refractivity (Wildman–Crippen MR) is 80.6 cm³/mol. The minimum atomic E-state index is -0.229. The van der Waals surface area contributed by atoms with Crippen molar-refractivity contribution in [2.75, 3.05) is 5.32 Å². The number of nitrogens with zero attached hydrogens (tertiary/aromatic N) is 2. The molecule has 106 valence electrons. The molecular weight excluding hydrogens is 252 g/mol. The van der Waals surface area contributed by atoms with Crippen LogP contribution in [0.4, 0.5) is 10.7 Å². The summed E-state index contributed by atoms with van der Waals surface area (Å²) in [5, 5.41) is 5.62. The Hall–Kier alpha value is -2.30. The predicted octanol–water partition coefficient (Wildman–Crippen LogP) is 3.01. The molecule has 2 N–H and O–H groups in total. The van der Waals surface area contributed by atoms with Gasteiger partial charge < -0.3 is 9.88 Å². The van der Waals surface area contributed by atoms with Crippen molar-refractivity contribution in [2.24, 2.45) is 7.05 Å². The molecule has 1 heterocycles. The average Bonchev–Trinajstić information content (AvgIpc) is 2.81. The summed E-state index contributed by atoms with van der Waals surface area (Å²) >= 11 is 0. The van der Waals surface area contributed by atoms with E-state index in [0.29, 0.717) is 5.95 Å². The van der Waals surface area contributed by atoms with Crippen molar-refractivity contribution in [1.82, 2.24) is 14.9 Å². The van der Waals surface area contributed by atoms with Crippen molar-refractivity contribution in [3.05, 3.63) is 36.5 Å². The molecule has 0 spiro atoms. The van der Waals surface area contributed by atoms with E-state index in [1.54, 1.807) is 6.20 Å². The Morgan fingerprint density at radius 1 is 1.35 bits per heavy atom. The van der Waals surface area contributed by atoms with Gasteiger partial charge in [0.15, 0.2) is 0 Å². The summed E-state index contributed by atoms with van der Waals surface area (Å²) < 4.78 is 1.87. The van der Waals surface area contributed by atoms with Crippen LogP contribution in [0.15, 0.2) is 36.5 Å². The fourth-order valence-corrected chi connectivity index (χ4v) is 1.87. The lowest BCUT2D eigenvalue weighted by Gasteiger charge is -2.12. The summed E-state index contributed by atoms with van der Waals surface area (Å²) in [5.74, 6) is 0.532. The Bertz CT molecular complexity index is 577. The normalized spacial score (nSPS) is 11.9. The summed E-state index contributed by atoms with van der Waals surface area (Å²) in [7, 11) is 1.88. The van der Waals surface area contributed by atoms with E-state index in [0.717, 1.165) is 17.7 Å². The van der Waals surface area contributed by atoms with Crippen LogP contribution < -0.4 is 10.6 Å². The maximum absolute atomic E-state index is 11.8. The Morgan fingerprint density at radius 3 is 2.70 bits per heavy atom. The van der Waals surface area contributed by atoms with E-state index in [9.17, 15) is 4.79 Å². The third-order valence-corrected chi connectivity index (χ3v) is 3.27. The lowest BCUT2D eigenvalue weighted by Crippen LogP contribution is -2.36. The third-order valence-electron chi connectivity index (χ3n) is 3.27. The molecule has 0 radical (unpaired) electrons.